The molecule has 4 amide bonds. The summed E-state index contributed by atoms with van der Waals surface area (Å²) < 4.78 is 0. The van der Waals surface area contributed by atoms with Gasteiger partial charge in [0.1, 0.15) is 12.1 Å². The van der Waals surface area contributed by atoms with E-state index in [4.69, 9.17) is 0 Å². The van der Waals surface area contributed by atoms with Gasteiger partial charge in [-0.25, -0.2) is 4.79 Å². The number of hydrogen-bond donors (Lipinski definition) is 1. The maximum atomic E-state index is 12.7. The van der Waals surface area contributed by atoms with Crippen molar-refractivity contribution in [3.05, 3.63) is 35.9 Å². The number of imide groups is 1. The van der Waals surface area contributed by atoms with E-state index in [0.717, 1.165) is 16.9 Å². The highest BCUT2D eigenvalue weighted by Crippen LogP contribution is 2.24. The third-order valence-corrected chi connectivity index (χ3v) is 4.81. The Bertz CT molecular complexity index is 626. The molecule has 0 radical (unpaired) electrons. The Kier molecular flexibility index (Phi) is 6.17. The number of urea groups is 1. The molecule has 0 aliphatic carbocycles. The van der Waals surface area contributed by atoms with Gasteiger partial charge in [0.2, 0.25) is 5.91 Å². The number of carbonyl (C=O) groups is 3. The van der Waals surface area contributed by atoms with E-state index in [2.05, 4.69) is 5.32 Å². The SMILES string of the molecule is CCCN(Cc1ccccc1)C(=O)CN1C(=O)NC(CC)(CC)C1=O. The number of amides is 4. The average Bonchev–Trinajstić information content (AvgIpc) is 2.87. The van der Waals surface area contributed by atoms with Crippen LogP contribution in [0.3, 0.4) is 0 Å². The molecule has 136 valence electrons. The fourth-order valence-corrected chi connectivity index (χ4v) is 3.15. The molecule has 1 aliphatic heterocycles. The molecule has 1 aromatic rings. The van der Waals surface area contributed by atoms with Crippen LogP contribution in [0.4, 0.5) is 4.79 Å². The first-order chi connectivity index (χ1) is 12.0. The molecule has 2 rings (SSSR count). The molecule has 1 saturated heterocycles. The quantitative estimate of drug-likeness (QED) is 0.736. The molecule has 1 aliphatic rings. The van der Waals surface area contributed by atoms with Crippen molar-refractivity contribution in [2.45, 2.75) is 52.1 Å². The third kappa shape index (κ3) is 4.00. The second-order valence-corrected chi connectivity index (χ2v) is 6.41. The molecule has 1 heterocycles. The predicted octanol–water partition coefficient (Wildman–Crippen LogP) is 2.54. The average molecular weight is 345 g/mol. The lowest BCUT2D eigenvalue weighted by molar-refractivity contribution is -0.139. The van der Waals surface area contributed by atoms with E-state index >= 15 is 0 Å². The van der Waals surface area contributed by atoms with Crippen LogP contribution in [0.5, 0.6) is 0 Å². The Morgan fingerprint density at radius 1 is 1.12 bits per heavy atom. The third-order valence-electron chi connectivity index (χ3n) is 4.81. The number of nitrogens with zero attached hydrogens (tertiary/aromatic N) is 2. The number of carbonyl (C=O) groups excluding carboxylic acids is 3. The summed E-state index contributed by atoms with van der Waals surface area (Å²) in [7, 11) is 0. The molecule has 0 unspecified atom stereocenters. The summed E-state index contributed by atoms with van der Waals surface area (Å²) in [5.41, 5.74) is 0.157. The smallest absolute Gasteiger partial charge is 0.325 e. The van der Waals surface area contributed by atoms with Crippen LogP contribution in [0.2, 0.25) is 0 Å². The lowest BCUT2D eigenvalue weighted by atomic mass is 9.93. The normalized spacial score (nSPS) is 16.0. The van der Waals surface area contributed by atoms with Gasteiger partial charge in [0.15, 0.2) is 0 Å². The molecular weight excluding hydrogens is 318 g/mol. The molecule has 1 N–H and O–H groups in total. The zero-order valence-corrected chi connectivity index (χ0v) is 15.2. The van der Waals surface area contributed by atoms with Crippen LogP contribution in [0, 0.1) is 0 Å². The van der Waals surface area contributed by atoms with Gasteiger partial charge >= 0.3 is 6.03 Å². The van der Waals surface area contributed by atoms with Gasteiger partial charge in [0, 0.05) is 13.1 Å². The first-order valence-corrected chi connectivity index (χ1v) is 8.93. The number of nitrogens with one attached hydrogen (secondary N) is 1. The minimum Gasteiger partial charge on any atom is -0.337 e. The standard InChI is InChI=1S/C19H27N3O3/c1-4-12-21(13-15-10-8-7-9-11-15)16(23)14-22-17(24)19(5-2,6-3)20-18(22)25/h7-11H,4-6,12-14H2,1-3H3,(H,20,25). The van der Waals surface area contributed by atoms with E-state index in [1.54, 1.807) is 4.90 Å². The summed E-state index contributed by atoms with van der Waals surface area (Å²) in [5, 5.41) is 2.76. The lowest BCUT2D eigenvalue weighted by Gasteiger charge is -2.25. The molecular formula is C19H27N3O3. The first kappa shape index (κ1) is 19.0. The second-order valence-electron chi connectivity index (χ2n) is 6.41. The van der Waals surface area contributed by atoms with Crippen molar-refractivity contribution in [3.8, 4) is 0 Å². The Morgan fingerprint density at radius 3 is 2.28 bits per heavy atom. The zero-order valence-electron chi connectivity index (χ0n) is 15.2. The van der Waals surface area contributed by atoms with Crippen LogP contribution in [0.25, 0.3) is 0 Å². The summed E-state index contributed by atoms with van der Waals surface area (Å²) in [4.78, 5) is 40.3. The van der Waals surface area contributed by atoms with Gasteiger partial charge in [-0.3, -0.25) is 14.5 Å². The van der Waals surface area contributed by atoms with Crippen LogP contribution >= 0.6 is 0 Å². The monoisotopic (exact) mass is 345 g/mol. The predicted molar refractivity (Wildman–Crippen MR) is 95.7 cm³/mol. The van der Waals surface area contributed by atoms with Crippen molar-refractivity contribution < 1.29 is 14.4 Å². The van der Waals surface area contributed by atoms with E-state index in [9.17, 15) is 14.4 Å². The molecule has 0 spiro atoms. The van der Waals surface area contributed by atoms with Crippen LogP contribution in [0.15, 0.2) is 30.3 Å². The van der Waals surface area contributed by atoms with Crippen LogP contribution in [0.1, 0.15) is 45.6 Å². The van der Waals surface area contributed by atoms with Crippen molar-refractivity contribution in [3.63, 3.8) is 0 Å². The zero-order chi connectivity index (χ0) is 18.4. The van der Waals surface area contributed by atoms with Gasteiger partial charge in [-0.05, 0) is 24.8 Å². The molecule has 6 heteroatoms. The van der Waals surface area contributed by atoms with E-state index in [0.29, 0.717) is 25.9 Å². The number of hydrogen-bond acceptors (Lipinski definition) is 3. The molecule has 0 saturated carbocycles. The van der Waals surface area contributed by atoms with Crippen molar-refractivity contribution >= 4 is 17.8 Å². The van der Waals surface area contributed by atoms with Gasteiger partial charge in [-0.2, -0.15) is 0 Å². The van der Waals surface area contributed by atoms with Crippen molar-refractivity contribution in [1.82, 2.24) is 15.1 Å². The summed E-state index contributed by atoms with van der Waals surface area (Å²) in [5.74, 6) is -0.510. The Morgan fingerprint density at radius 2 is 1.76 bits per heavy atom. The van der Waals surface area contributed by atoms with Crippen molar-refractivity contribution in [2.24, 2.45) is 0 Å². The van der Waals surface area contributed by atoms with E-state index in [-0.39, 0.29) is 18.4 Å². The van der Waals surface area contributed by atoms with E-state index < -0.39 is 11.6 Å². The van der Waals surface area contributed by atoms with Gasteiger partial charge in [-0.1, -0.05) is 51.1 Å². The minimum atomic E-state index is -0.869. The molecule has 1 fully saturated rings. The summed E-state index contributed by atoms with van der Waals surface area (Å²) >= 11 is 0. The van der Waals surface area contributed by atoms with Gasteiger partial charge in [0.25, 0.3) is 5.91 Å². The Labute approximate surface area is 149 Å². The van der Waals surface area contributed by atoms with Gasteiger partial charge in [-0.15, -0.1) is 0 Å². The number of rotatable bonds is 8. The highest BCUT2D eigenvalue weighted by Gasteiger charge is 2.49. The first-order valence-electron chi connectivity index (χ1n) is 8.93. The van der Waals surface area contributed by atoms with E-state index in [1.165, 1.54) is 0 Å². The van der Waals surface area contributed by atoms with Crippen molar-refractivity contribution in [2.75, 3.05) is 13.1 Å². The fraction of sp³-hybridized carbons (Fsp3) is 0.526. The number of benzene rings is 1. The molecule has 0 aromatic heterocycles. The molecule has 1 aromatic carbocycles. The maximum absolute atomic E-state index is 12.7. The minimum absolute atomic E-state index is 0.209. The molecule has 6 nitrogen and oxygen atoms in total. The van der Waals surface area contributed by atoms with Crippen LogP contribution < -0.4 is 5.32 Å². The van der Waals surface area contributed by atoms with Gasteiger partial charge < -0.3 is 10.2 Å². The maximum Gasteiger partial charge on any atom is 0.325 e. The van der Waals surface area contributed by atoms with E-state index in [1.807, 2.05) is 51.1 Å². The Hall–Kier alpha value is -2.37. The molecule has 0 bridgehead atoms. The lowest BCUT2D eigenvalue weighted by Crippen LogP contribution is -2.47. The molecule has 0 atom stereocenters. The topological polar surface area (TPSA) is 69.7 Å². The second kappa shape index (κ2) is 8.14. The highest BCUT2D eigenvalue weighted by molar-refractivity contribution is 6.08. The summed E-state index contributed by atoms with van der Waals surface area (Å²) in [6.45, 7) is 6.59. The van der Waals surface area contributed by atoms with Crippen LogP contribution in [-0.4, -0.2) is 46.3 Å². The van der Waals surface area contributed by atoms with Gasteiger partial charge in [0.05, 0.1) is 0 Å². The van der Waals surface area contributed by atoms with Crippen molar-refractivity contribution in [1.29, 1.82) is 0 Å². The largest absolute Gasteiger partial charge is 0.337 e. The van der Waals surface area contributed by atoms with Crippen LogP contribution in [-0.2, 0) is 16.1 Å². The summed E-state index contributed by atoms with van der Waals surface area (Å²) in [6, 6.07) is 9.23. The molecule has 25 heavy (non-hydrogen) atoms. The Balaban J connectivity index is 2.10. The summed E-state index contributed by atoms with van der Waals surface area (Å²) in [6.07, 6.45) is 1.84. The fourth-order valence-electron chi connectivity index (χ4n) is 3.15. The highest BCUT2D eigenvalue weighted by atomic mass is 16.2.